The van der Waals surface area contributed by atoms with Crippen LogP contribution in [-0.2, 0) is 14.6 Å². The zero-order chi connectivity index (χ0) is 11.3. The fourth-order valence-electron chi connectivity index (χ4n) is 1.87. The van der Waals surface area contributed by atoms with Crippen LogP contribution < -0.4 is 5.32 Å². The van der Waals surface area contributed by atoms with Gasteiger partial charge in [-0.05, 0) is 25.7 Å². The Morgan fingerprint density at radius 2 is 2.13 bits per heavy atom. The minimum Gasteiger partial charge on any atom is -0.356 e. The number of carbonyl (C=O) groups excluding carboxylic acids is 1. The largest absolute Gasteiger partial charge is 0.356 e. The Hall–Kier alpha value is -0.580. The van der Waals surface area contributed by atoms with E-state index in [2.05, 4.69) is 5.32 Å². The van der Waals surface area contributed by atoms with E-state index >= 15 is 0 Å². The van der Waals surface area contributed by atoms with Crippen molar-refractivity contribution in [2.75, 3.05) is 18.6 Å². The lowest BCUT2D eigenvalue weighted by Gasteiger charge is -2.11. The van der Waals surface area contributed by atoms with Gasteiger partial charge in [-0.15, -0.1) is 0 Å². The van der Waals surface area contributed by atoms with E-state index in [-0.39, 0.29) is 17.6 Å². The maximum absolute atomic E-state index is 11.5. The van der Waals surface area contributed by atoms with Gasteiger partial charge in [0, 0.05) is 24.5 Å². The van der Waals surface area contributed by atoms with Gasteiger partial charge in [0.25, 0.3) is 0 Å². The lowest BCUT2D eigenvalue weighted by atomic mass is 9.98. The summed E-state index contributed by atoms with van der Waals surface area (Å²) < 4.78 is 21.8. The third-order valence-electron chi connectivity index (χ3n) is 2.72. The number of sulfone groups is 1. The molecule has 0 spiro atoms. The van der Waals surface area contributed by atoms with Crippen molar-refractivity contribution in [2.24, 2.45) is 5.92 Å². The summed E-state index contributed by atoms with van der Waals surface area (Å²) in [5, 5.41) is 2.85. The number of nitrogens with one attached hydrogen (secondary N) is 1. The molecular formula is C10H19NO3S. The highest BCUT2D eigenvalue weighted by Gasteiger charge is 2.20. The summed E-state index contributed by atoms with van der Waals surface area (Å²) in [7, 11) is -2.88. The monoisotopic (exact) mass is 233 g/mol. The van der Waals surface area contributed by atoms with E-state index in [1.807, 2.05) is 0 Å². The second kappa shape index (κ2) is 5.49. The zero-order valence-corrected chi connectivity index (χ0v) is 9.98. The lowest BCUT2D eigenvalue weighted by molar-refractivity contribution is -0.124. The van der Waals surface area contributed by atoms with Crippen LogP contribution in [0.5, 0.6) is 0 Å². The van der Waals surface area contributed by atoms with Crippen molar-refractivity contribution >= 4 is 15.7 Å². The van der Waals surface area contributed by atoms with Crippen molar-refractivity contribution < 1.29 is 13.2 Å². The summed E-state index contributed by atoms with van der Waals surface area (Å²) in [6, 6.07) is 0. The summed E-state index contributed by atoms with van der Waals surface area (Å²) >= 11 is 0. The molecule has 4 nitrogen and oxygen atoms in total. The molecule has 1 saturated heterocycles. The molecule has 88 valence electrons. The van der Waals surface area contributed by atoms with Crippen molar-refractivity contribution in [3.8, 4) is 0 Å². The van der Waals surface area contributed by atoms with E-state index in [1.165, 1.54) is 6.26 Å². The number of hydrogen-bond donors (Lipinski definition) is 1. The highest BCUT2D eigenvalue weighted by molar-refractivity contribution is 7.90. The van der Waals surface area contributed by atoms with Gasteiger partial charge < -0.3 is 5.32 Å². The standard InChI is InChI=1S/C10H19NO3S/c1-15(13,14)8-4-6-9-5-2-3-7-11-10(9)12/h9H,2-8H2,1H3,(H,11,12). The van der Waals surface area contributed by atoms with Gasteiger partial charge in [-0.1, -0.05) is 6.42 Å². The molecule has 0 saturated carbocycles. The maximum atomic E-state index is 11.5. The summed E-state index contributed by atoms with van der Waals surface area (Å²) in [6.07, 6.45) is 5.52. The minimum absolute atomic E-state index is 0.0225. The Morgan fingerprint density at radius 1 is 1.40 bits per heavy atom. The van der Waals surface area contributed by atoms with E-state index in [4.69, 9.17) is 0 Å². The summed E-state index contributed by atoms with van der Waals surface area (Å²) in [6.45, 7) is 0.765. The molecule has 0 radical (unpaired) electrons. The Labute approximate surface area is 91.4 Å². The Bertz CT molecular complexity index is 311. The van der Waals surface area contributed by atoms with Gasteiger partial charge in [0.1, 0.15) is 9.84 Å². The normalized spacial score (nSPS) is 23.3. The van der Waals surface area contributed by atoms with Crippen LogP contribution in [0.3, 0.4) is 0 Å². The second-order valence-electron chi connectivity index (χ2n) is 4.26. The van der Waals surface area contributed by atoms with Gasteiger partial charge in [0.05, 0.1) is 0 Å². The predicted octanol–water partition coefficient (Wildman–Crippen LogP) is 0.727. The highest BCUT2D eigenvalue weighted by Crippen LogP contribution is 2.17. The Morgan fingerprint density at radius 3 is 2.80 bits per heavy atom. The highest BCUT2D eigenvalue weighted by atomic mass is 32.2. The average molecular weight is 233 g/mol. The summed E-state index contributed by atoms with van der Waals surface area (Å²) in [5.41, 5.74) is 0. The molecule has 1 unspecified atom stereocenters. The van der Waals surface area contributed by atoms with Crippen molar-refractivity contribution in [1.29, 1.82) is 0 Å². The van der Waals surface area contributed by atoms with E-state index in [0.717, 1.165) is 25.8 Å². The van der Waals surface area contributed by atoms with E-state index in [1.54, 1.807) is 0 Å². The molecule has 5 heteroatoms. The third kappa shape index (κ3) is 5.16. The summed E-state index contributed by atoms with van der Waals surface area (Å²) in [4.78, 5) is 11.5. The first-order chi connectivity index (χ1) is 6.99. The molecule has 0 aromatic heterocycles. The van der Waals surface area contributed by atoms with Crippen LogP contribution in [0.1, 0.15) is 32.1 Å². The lowest BCUT2D eigenvalue weighted by Crippen LogP contribution is -2.29. The van der Waals surface area contributed by atoms with Crippen LogP contribution in [0.2, 0.25) is 0 Å². The van der Waals surface area contributed by atoms with Crippen molar-refractivity contribution in [3.63, 3.8) is 0 Å². The molecule has 0 aromatic rings. The minimum atomic E-state index is -2.88. The Balaban J connectivity index is 2.33. The van der Waals surface area contributed by atoms with Crippen molar-refractivity contribution in [1.82, 2.24) is 5.32 Å². The second-order valence-corrected chi connectivity index (χ2v) is 6.52. The molecule has 1 atom stereocenters. The smallest absolute Gasteiger partial charge is 0.223 e. The third-order valence-corrected chi connectivity index (χ3v) is 3.75. The molecule has 1 amide bonds. The van der Waals surface area contributed by atoms with Gasteiger partial charge in [0.15, 0.2) is 0 Å². The van der Waals surface area contributed by atoms with Crippen molar-refractivity contribution in [2.45, 2.75) is 32.1 Å². The van der Waals surface area contributed by atoms with Crippen LogP contribution in [0, 0.1) is 5.92 Å². The average Bonchev–Trinajstić information content (AvgIpc) is 2.30. The maximum Gasteiger partial charge on any atom is 0.223 e. The number of rotatable bonds is 4. The van der Waals surface area contributed by atoms with Gasteiger partial charge in [-0.25, -0.2) is 8.42 Å². The molecule has 1 rings (SSSR count). The molecule has 1 fully saturated rings. The van der Waals surface area contributed by atoms with Crippen molar-refractivity contribution in [3.05, 3.63) is 0 Å². The van der Waals surface area contributed by atoms with E-state index < -0.39 is 9.84 Å². The molecule has 1 N–H and O–H groups in total. The molecule has 1 heterocycles. The first-order valence-electron chi connectivity index (χ1n) is 5.44. The molecular weight excluding hydrogens is 214 g/mol. The summed E-state index contributed by atoms with van der Waals surface area (Å²) in [5.74, 6) is 0.312. The topological polar surface area (TPSA) is 63.2 Å². The van der Waals surface area contributed by atoms with E-state index in [9.17, 15) is 13.2 Å². The molecule has 1 aliphatic rings. The van der Waals surface area contributed by atoms with Crippen LogP contribution in [-0.4, -0.2) is 32.9 Å². The zero-order valence-electron chi connectivity index (χ0n) is 9.16. The van der Waals surface area contributed by atoms with Gasteiger partial charge in [0.2, 0.25) is 5.91 Å². The van der Waals surface area contributed by atoms with Crippen LogP contribution in [0.15, 0.2) is 0 Å². The van der Waals surface area contributed by atoms with Crippen LogP contribution in [0.4, 0.5) is 0 Å². The quantitative estimate of drug-likeness (QED) is 0.778. The first-order valence-corrected chi connectivity index (χ1v) is 7.50. The predicted molar refractivity (Wildman–Crippen MR) is 59.3 cm³/mol. The molecule has 1 aliphatic heterocycles. The fourth-order valence-corrected chi connectivity index (χ4v) is 2.56. The molecule has 0 aromatic carbocycles. The fraction of sp³-hybridized carbons (Fsp3) is 0.900. The van der Waals surface area contributed by atoms with Gasteiger partial charge >= 0.3 is 0 Å². The SMILES string of the molecule is CS(=O)(=O)CCCC1CCCCNC1=O. The number of carbonyl (C=O) groups is 1. The molecule has 0 aliphatic carbocycles. The van der Waals surface area contributed by atoms with Gasteiger partial charge in [-0.3, -0.25) is 4.79 Å². The van der Waals surface area contributed by atoms with E-state index in [0.29, 0.717) is 12.8 Å². The molecule has 0 bridgehead atoms. The van der Waals surface area contributed by atoms with Gasteiger partial charge in [-0.2, -0.15) is 0 Å². The molecule has 15 heavy (non-hydrogen) atoms. The number of amides is 1. The Kier molecular flexibility index (Phi) is 4.57. The first kappa shape index (κ1) is 12.5. The van der Waals surface area contributed by atoms with Crippen LogP contribution >= 0.6 is 0 Å². The number of hydrogen-bond acceptors (Lipinski definition) is 3. The van der Waals surface area contributed by atoms with Crippen LogP contribution in [0.25, 0.3) is 0 Å².